The molecule has 19 heavy (non-hydrogen) atoms. The molecule has 0 bridgehead atoms. The van der Waals surface area contributed by atoms with Crippen molar-refractivity contribution in [2.24, 2.45) is 0 Å². The average Bonchev–Trinajstić information content (AvgIpc) is 2.38. The minimum Gasteiger partial charge on any atom is -0.478 e. The number of aromatic carboxylic acids is 1. The summed E-state index contributed by atoms with van der Waals surface area (Å²) in [6.07, 6.45) is 1.36. The van der Waals surface area contributed by atoms with Crippen molar-refractivity contribution in [3.05, 3.63) is 47.4 Å². The predicted octanol–water partition coefficient (Wildman–Crippen LogP) is 3.27. The predicted molar refractivity (Wildman–Crippen MR) is 73.3 cm³/mol. The summed E-state index contributed by atoms with van der Waals surface area (Å²) in [5, 5.41) is 9.18. The van der Waals surface area contributed by atoms with Crippen molar-refractivity contribution in [2.75, 3.05) is 0 Å². The first kappa shape index (κ1) is 13.2. The summed E-state index contributed by atoms with van der Waals surface area (Å²) in [5.41, 5.74) is 2.61. The van der Waals surface area contributed by atoms with Gasteiger partial charge in [0.05, 0.1) is 5.69 Å². The summed E-state index contributed by atoms with van der Waals surface area (Å²) in [5.74, 6) is -0.00370. The zero-order valence-corrected chi connectivity index (χ0v) is 11.2. The number of benzene rings is 1. The highest BCUT2D eigenvalue weighted by Crippen LogP contribution is 2.24. The fourth-order valence-electron chi connectivity index (χ4n) is 1.87. The van der Waals surface area contributed by atoms with Crippen LogP contribution in [0.5, 0.6) is 0 Å². The van der Waals surface area contributed by atoms with E-state index in [0.29, 0.717) is 17.4 Å². The summed E-state index contributed by atoms with van der Waals surface area (Å²) < 4.78 is 0. The SMILES string of the molecule is Cc1ncc(C(=O)O)c(-c2ccc(C(C)C)cc2)n1. The van der Waals surface area contributed by atoms with Gasteiger partial charge in [0, 0.05) is 11.8 Å². The van der Waals surface area contributed by atoms with Crippen LogP contribution < -0.4 is 0 Å². The quantitative estimate of drug-likeness (QED) is 0.915. The van der Waals surface area contributed by atoms with Crippen LogP contribution >= 0.6 is 0 Å². The van der Waals surface area contributed by atoms with Gasteiger partial charge in [-0.3, -0.25) is 0 Å². The number of hydrogen-bond donors (Lipinski definition) is 1. The lowest BCUT2D eigenvalue weighted by Crippen LogP contribution is -2.04. The van der Waals surface area contributed by atoms with E-state index in [1.807, 2.05) is 24.3 Å². The van der Waals surface area contributed by atoms with E-state index in [-0.39, 0.29) is 5.56 Å². The molecule has 2 rings (SSSR count). The maximum Gasteiger partial charge on any atom is 0.339 e. The normalized spacial score (nSPS) is 10.7. The van der Waals surface area contributed by atoms with Crippen molar-refractivity contribution >= 4 is 5.97 Å². The Bertz CT molecular complexity index is 604. The van der Waals surface area contributed by atoms with Gasteiger partial charge in [0.15, 0.2) is 0 Å². The molecule has 1 aromatic heterocycles. The highest BCUT2D eigenvalue weighted by Gasteiger charge is 2.14. The Kier molecular flexibility index (Phi) is 3.60. The third kappa shape index (κ3) is 2.78. The number of aromatic nitrogens is 2. The Balaban J connectivity index is 2.51. The van der Waals surface area contributed by atoms with Gasteiger partial charge in [-0.2, -0.15) is 0 Å². The second-order valence-corrected chi connectivity index (χ2v) is 4.76. The smallest absolute Gasteiger partial charge is 0.339 e. The van der Waals surface area contributed by atoms with Gasteiger partial charge in [-0.25, -0.2) is 14.8 Å². The Hall–Kier alpha value is -2.23. The highest BCUT2D eigenvalue weighted by molar-refractivity contribution is 5.94. The van der Waals surface area contributed by atoms with Gasteiger partial charge < -0.3 is 5.11 Å². The van der Waals surface area contributed by atoms with Crippen LogP contribution in [0.4, 0.5) is 0 Å². The minimum absolute atomic E-state index is 0.128. The van der Waals surface area contributed by atoms with Crippen molar-refractivity contribution in [3.8, 4) is 11.3 Å². The highest BCUT2D eigenvalue weighted by atomic mass is 16.4. The third-order valence-corrected chi connectivity index (χ3v) is 2.99. The van der Waals surface area contributed by atoms with E-state index in [2.05, 4.69) is 23.8 Å². The molecule has 0 fully saturated rings. The van der Waals surface area contributed by atoms with Crippen LogP contribution in [0, 0.1) is 6.92 Å². The van der Waals surface area contributed by atoms with Gasteiger partial charge in [0.2, 0.25) is 0 Å². The maximum absolute atomic E-state index is 11.2. The Labute approximate surface area is 112 Å². The van der Waals surface area contributed by atoms with Crippen LogP contribution in [0.1, 0.15) is 41.5 Å². The van der Waals surface area contributed by atoms with Crippen molar-refractivity contribution in [3.63, 3.8) is 0 Å². The lowest BCUT2D eigenvalue weighted by molar-refractivity contribution is 0.0697. The first-order chi connectivity index (χ1) is 8.99. The van der Waals surface area contributed by atoms with Crippen LogP contribution in [0.3, 0.4) is 0 Å². The zero-order chi connectivity index (χ0) is 14.0. The number of carboxylic acids is 1. The van der Waals surface area contributed by atoms with Gasteiger partial charge >= 0.3 is 5.97 Å². The standard InChI is InChI=1S/C15H16N2O2/c1-9(2)11-4-6-12(7-5-11)14-13(15(18)19)8-16-10(3)17-14/h4-9H,1-3H3,(H,18,19). The van der Waals surface area contributed by atoms with E-state index >= 15 is 0 Å². The molecule has 4 nitrogen and oxygen atoms in total. The summed E-state index contributed by atoms with van der Waals surface area (Å²) in [6.45, 7) is 5.98. The monoisotopic (exact) mass is 256 g/mol. The number of carboxylic acid groups (broad SMARTS) is 1. The maximum atomic E-state index is 11.2. The lowest BCUT2D eigenvalue weighted by Gasteiger charge is -2.09. The number of rotatable bonds is 3. The molecule has 0 atom stereocenters. The van der Waals surface area contributed by atoms with E-state index in [1.165, 1.54) is 11.8 Å². The number of hydrogen-bond acceptors (Lipinski definition) is 3. The second-order valence-electron chi connectivity index (χ2n) is 4.76. The summed E-state index contributed by atoms with van der Waals surface area (Å²) in [6, 6.07) is 7.82. The van der Waals surface area contributed by atoms with E-state index < -0.39 is 5.97 Å². The van der Waals surface area contributed by atoms with Crippen molar-refractivity contribution in [1.29, 1.82) is 0 Å². The summed E-state index contributed by atoms with van der Waals surface area (Å²) >= 11 is 0. The van der Waals surface area contributed by atoms with Crippen LogP contribution in [0.15, 0.2) is 30.5 Å². The number of aryl methyl sites for hydroxylation is 1. The molecule has 0 spiro atoms. The molecular weight excluding hydrogens is 240 g/mol. The lowest BCUT2D eigenvalue weighted by atomic mass is 9.99. The molecule has 0 aliphatic heterocycles. The van der Waals surface area contributed by atoms with Gasteiger partial charge in [-0.1, -0.05) is 38.1 Å². The zero-order valence-electron chi connectivity index (χ0n) is 11.2. The third-order valence-electron chi connectivity index (χ3n) is 2.99. The van der Waals surface area contributed by atoms with Crippen molar-refractivity contribution < 1.29 is 9.90 Å². The van der Waals surface area contributed by atoms with E-state index in [0.717, 1.165) is 5.56 Å². The molecule has 0 saturated heterocycles. The molecule has 98 valence electrons. The molecule has 0 amide bonds. The minimum atomic E-state index is -1.01. The average molecular weight is 256 g/mol. The topological polar surface area (TPSA) is 63.1 Å². The molecule has 1 N–H and O–H groups in total. The van der Waals surface area contributed by atoms with Crippen LogP contribution in [0.25, 0.3) is 11.3 Å². The fourth-order valence-corrected chi connectivity index (χ4v) is 1.87. The van der Waals surface area contributed by atoms with Gasteiger partial charge in [0.1, 0.15) is 11.4 Å². The molecule has 2 aromatic rings. The molecule has 0 aliphatic rings. The molecule has 0 aliphatic carbocycles. The second kappa shape index (κ2) is 5.18. The molecule has 0 radical (unpaired) electrons. The molecule has 4 heteroatoms. The Morgan fingerprint density at radius 3 is 2.37 bits per heavy atom. The van der Waals surface area contributed by atoms with Crippen LogP contribution in [-0.4, -0.2) is 21.0 Å². The van der Waals surface area contributed by atoms with Gasteiger partial charge in [-0.15, -0.1) is 0 Å². The number of nitrogens with zero attached hydrogens (tertiary/aromatic N) is 2. The molecule has 0 saturated carbocycles. The molecule has 1 aromatic carbocycles. The first-order valence-electron chi connectivity index (χ1n) is 6.16. The van der Waals surface area contributed by atoms with Crippen LogP contribution in [-0.2, 0) is 0 Å². The fraction of sp³-hybridized carbons (Fsp3) is 0.267. The Morgan fingerprint density at radius 2 is 1.84 bits per heavy atom. The van der Waals surface area contributed by atoms with Crippen molar-refractivity contribution in [1.82, 2.24) is 9.97 Å². The molecular formula is C15H16N2O2. The van der Waals surface area contributed by atoms with E-state index in [1.54, 1.807) is 6.92 Å². The largest absolute Gasteiger partial charge is 0.478 e. The number of carbonyl (C=O) groups is 1. The summed E-state index contributed by atoms with van der Waals surface area (Å²) in [7, 11) is 0. The first-order valence-corrected chi connectivity index (χ1v) is 6.16. The Morgan fingerprint density at radius 1 is 1.21 bits per heavy atom. The van der Waals surface area contributed by atoms with Crippen molar-refractivity contribution in [2.45, 2.75) is 26.7 Å². The van der Waals surface area contributed by atoms with Gasteiger partial charge in [-0.05, 0) is 18.4 Å². The molecule has 0 unspecified atom stereocenters. The van der Waals surface area contributed by atoms with E-state index in [4.69, 9.17) is 0 Å². The van der Waals surface area contributed by atoms with Gasteiger partial charge in [0.25, 0.3) is 0 Å². The van der Waals surface area contributed by atoms with E-state index in [9.17, 15) is 9.90 Å². The summed E-state index contributed by atoms with van der Waals surface area (Å²) in [4.78, 5) is 19.4. The molecule has 1 heterocycles. The van der Waals surface area contributed by atoms with Crippen LogP contribution in [0.2, 0.25) is 0 Å².